The molecule has 0 unspecified atom stereocenters. The van der Waals surface area contributed by atoms with Crippen molar-refractivity contribution >= 4 is 39.1 Å². The molecule has 0 aliphatic rings. The van der Waals surface area contributed by atoms with Gasteiger partial charge in [-0.3, -0.25) is 4.79 Å². The number of nitrogens with zero attached hydrogens (tertiary/aromatic N) is 1. The first-order chi connectivity index (χ1) is 11.1. The molecule has 1 aromatic heterocycles. The van der Waals surface area contributed by atoms with E-state index < -0.39 is 5.97 Å². The highest BCUT2D eigenvalue weighted by Crippen LogP contribution is 2.19. The number of aromatic nitrogens is 1. The summed E-state index contributed by atoms with van der Waals surface area (Å²) >= 11 is 1.45. The van der Waals surface area contributed by atoms with Crippen LogP contribution in [-0.4, -0.2) is 23.5 Å². The number of thiazole rings is 1. The number of hydrogen-bond acceptors (Lipinski definition) is 5. The van der Waals surface area contributed by atoms with Crippen molar-refractivity contribution in [3.8, 4) is 0 Å². The Hall–Kier alpha value is -2.73. The maximum Gasteiger partial charge on any atom is 0.338 e. The Balaban J connectivity index is 1.57. The number of fused-ring (bicyclic) bond motifs is 1. The van der Waals surface area contributed by atoms with Gasteiger partial charge in [0.25, 0.3) is 5.91 Å². The van der Waals surface area contributed by atoms with Crippen LogP contribution in [0.15, 0.2) is 48.0 Å². The second kappa shape index (κ2) is 6.58. The smallest absolute Gasteiger partial charge is 0.338 e. The first kappa shape index (κ1) is 15.2. The van der Waals surface area contributed by atoms with Crippen LogP contribution in [0.1, 0.15) is 15.9 Å². The fourth-order valence-electron chi connectivity index (χ4n) is 2.03. The van der Waals surface area contributed by atoms with Gasteiger partial charge in [0.1, 0.15) is 0 Å². The number of esters is 1. The zero-order chi connectivity index (χ0) is 16.2. The SMILES string of the molecule is Cc1ccc(NC(=O)COC(=O)c2ccc3ncsc3c2)cc1. The van der Waals surface area contributed by atoms with E-state index in [0.717, 1.165) is 15.8 Å². The van der Waals surface area contributed by atoms with E-state index in [4.69, 9.17) is 4.74 Å². The monoisotopic (exact) mass is 326 g/mol. The van der Waals surface area contributed by atoms with Crippen LogP contribution in [0.3, 0.4) is 0 Å². The molecule has 1 amide bonds. The summed E-state index contributed by atoms with van der Waals surface area (Å²) in [5.74, 6) is -0.902. The molecule has 0 atom stereocenters. The summed E-state index contributed by atoms with van der Waals surface area (Å²) in [6.45, 7) is 1.64. The van der Waals surface area contributed by atoms with E-state index in [1.54, 1.807) is 35.8 Å². The maximum atomic E-state index is 12.0. The molecule has 0 radical (unpaired) electrons. The second-order valence-electron chi connectivity index (χ2n) is 5.03. The molecule has 0 saturated carbocycles. The zero-order valence-electron chi connectivity index (χ0n) is 12.4. The Kier molecular flexibility index (Phi) is 4.34. The number of carbonyl (C=O) groups excluding carboxylic acids is 2. The number of rotatable bonds is 4. The van der Waals surface area contributed by atoms with Gasteiger partial charge in [0.15, 0.2) is 6.61 Å². The van der Waals surface area contributed by atoms with Gasteiger partial charge in [-0.1, -0.05) is 17.7 Å². The first-order valence-electron chi connectivity index (χ1n) is 6.99. The van der Waals surface area contributed by atoms with Crippen LogP contribution in [0.4, 0.5) is 5.69 Å². The molecule has 1 heterocycles. The van der Waals surface area contributed by atoms with Gasteiger partial charge in [-0.2, -0.15) is 0 Å². The number of carbonyl (C=O) groups is 2. The lowest BCUT2D eigenvalue weighted by Gasteiger charge is -2.07. The Morgan fingerprint density at radius 2 is 1.96 bits per heavy atom. The van der Waals surface area contributed by atoms with Crippen LogP contribution in [0.5, 0.6) is 0 Å². The van der Waals surface area contributed by atoms with Gasteiger partial charge in [-0.15, -0.1) is 11.3 Å². The van der Waals surface area contributed by atoms with Crippen molar-refractivity contribution in [2.24, 2.45) is 0 Å². The molecule has 3 rings (SSSR count). The van der Waals surface area contributed by atoms with Gasteiger partial charge >= 0.3 is 5.97 Å². The number of benzene rings is 2. The molecule has 0 aliphatic heterocycles. The average Bonchev–Trinajstić information content (AvgIpc) is 3.02. The molecular weight excluding hydrogens is 312 g/mol. The lowest BCUT2D eigenvalue weighted by atomic mass is 10.2. The fraction of sp³-hybridized carbons (Fsp3) is 0.118. The van der Waals surface area contributed by atoms with Crippen molar-refractivity contribution < 1.29 is 14.3 Å². The van der Waals surface area contributed by atoms with Gasteiger partial charge in [-0.05, 0) is 37.3 Å². The maximum absolute atomic E-state index is 12.0. The van der Waals surface area contributed by atoms with E-state index in [1.165, 1.54) is 11.3 Å². The Morgan fingerprint density at radius 3 is 2.74 bits per heavy atom. The van der Waals surface area contributed by atoms with E-state index in [1.807, 2.05) is 19.1 Å². The second-order valence-corrected chi connectivity index (χ2v) is 5.91. The number of anilines is 1. The van der Waals surface area contributed by atoms with Crippen molar-refractivity contribution in [3.63, 3.8) is 0 Å². The van der Waals surface area contributed by atoms with Crippen LogP contribution in [0.2, 0.25) is 0 Å². The summed E-state index contributed by atoms with van der Waals surface area (Å²) in [4.78, 5) is 28.0. The van der Waals surface area contributed by atoms with Crippen LogP contribution < -0.4 is 5.32 Å². The molecule has 116 valence electrons. The number of ether oxygens (including phenoxy) is 1. The predicted octanol–water partition coefficient (Wildman–Crippen LogP) is 3.40. The Bertz CT molecular complexity index is 856. The minimum atomic E-state index is -0.528. The summed E-state index contributed by atoms with van der Waals surface area (Å²) in [5, 5.41) is 2.68. The highest BCUT2D eigenvalue weighted by molar-refractivity contribution is 7.16. The zero-order valence-corrected chi connectivity index (χ0v) is 13.2. The predicted molar refractivity (Wildman–Crippen MR) is 89.7 cm³/mol. The molecule has 23 heavy (non-hydrogen) atoms. The average molecular weight is 326 g/mol. The molecule has 0 fully saturated rings. The summed E-state index contributed by atoms with van der Waals surface area (Å²) in [6.07, 6.45) is 0. The molecule has 0 saturated heterocycles. The third-order valence-corrected chi connectivity index (χ3v) is 4.03. The fourth-order valence-corrected chi connectivity index (χ4v) is 2.75. The quantitative estimate of drug-likeness (QED) is 0.746. The molecule has 0 aliphatic carbocycles. The highest BCUT2D eigenvalue weighted by Gasteiger charge is 2.11. The third kappa shape index (κ3) is 3.73. The van der Waals surface area contributed by atoms with Gasteiger partial charge in [-0.25, -0.2) is 9.78 Å². The van der Waals surface area contributed by atoms with Gasteiger partial charge in [0, 0.05) is 5.69 Å². The van der Waals surface area contributed by atoms with Crippen molar-refractivity contribution in [2.45, 2.75) is 6.92 Å². The van der Waals surface area contributed by atoms with Crippen molar-refractivity contribution in [1.82, 2.24) is 4.98 Å². The van der Waals surface area contributed by atoms with E-state index in [9.17, 15) is 9.59 Å². The number of aryl methyl sites for hydroxylation is 1. The molecule has 0 bridgehead atoms. The minimum Gasteiger partial charge on any atom is -0.452 e. The van der Waals surface area contributed by atoms with Gasteiger partial charge < -0.3 is 10.1 Å². The summed E-state index contributed by atoms with van der Waals surface area (Å²) < 4.78 is 5.95. The molecule has 3 aromatic rings. The van der Waals surface area contributed by atoms with Crippen molar-refractivity contribution in [1.29, 1.82) is 0 Å². The molecule has 5 nitrogen and oxygen atoms in total. The van der Waals surface area contributed by atoms with Crippen molar-refractivity contribution in [2.75, 3.05) is 11.9 Å². The molecule has 6 heteroatoms. The summed E-state index contributed by atoms with van der Waals surface area (Å²) in [5.41, 5.74) is 4.73. The van der Waals surface area contributed by atoms with E-state index in [2.05, 4.69) is 10.3 Å². The standard InChI is InChI=1S/C17H14N2O3S/c1-11-2-5-13(6-3-11)19-16(20)9-22-17(21)12-4-7-14-15(8-12)23-10-18-14/h2-8,10H,9H2,1H3,(H,19,20). The normalized spacial score (nSPS) is 10.5. The Labute approximate surface area is 136 Å². The van der Waals surface area contributed by atoms with E-state index >= 15 is 0 Å². The van der Waals surface area contributed by atoms with Crippen LogP contribution in [0, 0.1) is 6.92 Å². The molecular formula is C17H14N2O3S. The van der Waals surface area contributed by atoms with Crippen molar-refractivity contribution in [3.05, 3.63) is 59.1 Å². The lowest BCUT2D eigenvalue weighted by molar-refractivity contribution is -0.119. The number of nitrogens with one attached hydrogen (secondary N) is 1. The largest absolute Gasteiger partial charge is 0.452 e. The van der Waals surface area contributed by atoms with E-state index in [0.29, 0.717) is 11.3 Å². The highest BCUT2D eigenvalue weighted by atomic mass is 32.1. The van der Waals surface area contributed by atoms with Crippen LogP contribution >= 0.6 is 11.3 Å². The number of hydrogen-bond donors (Lipinski definition) is 1. The van der Waals surface area contributed by atoms with Crippen LogP contribution in [-0.2, 0) is 9.53 Å². The summed E-state index contributed by atoms with van der Waals surface area (Å²) in [6, 6.07) is 12.5. The minimum absolute atomic E-state index is 0.326. The molecule has 1 N–H and O–H groups in total. The lowest BCUT2D eigenvalue weighted by Crippen LogP contribution is -2.20. The van der Waals surface area contributed by atoms with Crippen LogP contribution in [0.25, 0.3) is 10.2 Å². The van der Waals surface area contributed by atoms with Gasteiger partial charge in [0.05, 0.1) is 21.3 Å². The van der Waals surface area contributed by atoms with E-state index in [-0.39, 0.29) is 12.5 Å². The Morgan fingerprint density at radius 1 is 1.17 bits per heavy atom. The first-order valence-corrected chi connectivity index (χ1v) is 7.87. The molecule has 2 aromatic carbocycles. The van der Waals surface area contributed by atoms with Gasteiger partial charge in [0.2, 0.25) is 0 Å². The number of amides is 1. The molecule has 0 spiro atoms. The summed E-state index contributed by atoms with van der Waals surface area (Å²) in [7, 11) is 0. The third-order valence-electron chi connectivity index (χ3n) is 3.24. The topological polar surface area (TPSA) is 68.3 Å².